The summed E-state index contributed by atoms with van der Waals surface area (Å²) in [6.45, 7) is -0.258. The highest BCUT2D eigenvalue weighted by Gasteiger charge is 2.10. The van der Waals surface area contributed by atoms with Crippen molar-refractivity contribution in [2.24, 2.45) is 0 Å². The Kier molecular flexibility index (Phi) is 6.78. The molecule has 0 spiro atoms. The molecule has 7 nitrogen and oxygen atoms in total. The molecule has 0 bridgehead atoms. The molecule has 30 heavy (non-hydrogen) atoms. The molecule has 0 aliphatic heterocycles. The maximum absolute atomic E-state index is 12.1. The molecule has 0 aromatic heterocycles. The second-order valence-electron chi connectivity index (χ2n) is 6.25. The Morgan fingerprint density at radius 1 is 0.733 bits per heavy atom. The fourth-order valence-corrected chi connectivity index (χ4v) is 2.63. The van der Waals surface area contributed by atoms with E-state index in [-0.39, 0.29) is 12.2 Å². The molecular weight excluding hydrogens is 384 g/mol. The topological polar surface area (TPSA) is 93.7 Å². The Hall–Kier alpha value is -4.13. The fraction of sp³-hybridized carbons (Fsp3) is 0.0870. The van der Waals surface area contributed by atoms with Gasteiger partial charge in [0.05, 0.1) is 12.7 Å². The largest absolute Gasteiger partial charge is 0.484 e. The zero-order valence-corrected chi connectivity index (χ0v) is 16.3. The first-order chi connectivity index (χ1) is 14.6. The van der Waals surface area contributed by atoms with Crippen molar-refractivity contribution in [1.82, 2.24) is 10.9 Å². The van der Waals surface area contributed by atoms with Gasteiger partial charge in [0.1, 0.15) is 5.75 Å². The van der Waals surface area contributed by atoms with E-state index in [1.807, 2.05) is 42.5 Å². The Morgan fingerprint density at radius 3 is 1.97 bits per heavy atom. The van der Waals surface area contributed by atoms with Crippen molar-refractivity contribution < 1.29 is 23.9 Å². The average molecular weight is 404 g/mol. The smallest absolute Gasteiger partial charge is 0.337 e. The zero-order valence-electron chi connectivity index (χ0n) is 16.3. The van der Waals surface area contributed by atoms with Gasteiger partial charge in [0.15, 0.2) is 6.61 Å². The molecule has 2 amide bonds. The summed E-state index contributed by atoms with van der Waals surface area (Å²) in [5.74, 6) is -0.993. The number of amides is 2. The Labute approximate surface area is 173 Å². The Bertz CT molecular complexity index is 1020. The van der Waals surface area contributed by atoms with Crippen LogP contribution in [0.5, 0.6) is 5.75 Å². The lowest BCUT2D eigenvalue weighted by Gasteiger charge is -2.10. The van der Waals surface area contributed by atoms with Crippen molar-refractivity contribution in [3.63, 3.8) is 0 Å². The highest BCUT2D eigenvalue weighted by atomic mass is 16.5. The number of ether oxygens (including phenoxy) is 2. The zero-order chi connectivity index (χ0) is 21.3. The summed E-state index contributed by atoms with van der Waals surface area (Å²) in [5, 5.41) is 0. The van der Waals surface area contributed by atoms with Crippen molar-refractivity contribution >= 4 is 17.8 Å². The molecule has 152 valence electrons. The number of hydrazine groups is 1. The van der Waals surface area contributed by atoms with Crippen molar-refractivity contribution in [3.8, 4) is 16.9 Å². The van der Waals surface area contributed by atoms with E-state index < -0.39 is 17.8 Å². The molecule has 0 fully saturated rings. The monoisotopic (exact) mass is 404 g/mol. The first kappa shape index (κ1) is 20.6. The van der Waals surface area contributed by atoms with E-state index in [1.54, 1.807) is 12.1 Å². The van der Waals surface area contributed by atoms with Crippen LogP contribution in [0.4, 0.5) is 0 Å². The predicted molar refractivity (Wildman–Crippen MR) is 111 cm³/mol. The third-order valence-electron chi connectivity index (χ3n) is 4.22. The lowest BCUT2D eigenvalue weighted by Crippen LogP contribution is -2.43. The van der Waals surface area contributed by atoms with Gasteiger partial charge in [-0.15, -0.1) is 0 Å². The van der Waals surface area contributed by atoms with Crippen molar-refractivity contribution in [3.05, 3.63) is 90.0 Å². The number of methoxy groups -OCH3 is 1. The number of benzene rings is 3. The van der Waals surface area contributed by atoms with Gasteiger partial charge >= 0.3 is 5.97 Å². The van der Waals surface area contributed by atoms with Gasteiger partial charge in [-0.05, 0) is 47.5 Å². The van der Waals surface area contributed by atoms with E-state index >= 15 is 0 Å². The summed E-state index contributed by atoms with van der Waals surface area (Å²) in [7, 11) is 1.28. The molecule has 3 aromatic rings. The molecule has 0 radical (unpaired) electrons. The molecule has 0 saturated carbocycles. The van der Waals surface area contributed by atoms with E-state index in [2.05, 4.69) is 15.6 Å². The lowest BCUT2D eigenvalue weighted by atomic mass is 10.1. The lowest BCUT2D eigenvalue weighted by molar-refractivity contribution is -0.123. The normalized spacial score (nSPS) is 10.0. The molecule has 2 N–H and O–H groups in total. The van der Waals surface area contributed by atoms with Crippen LogP contribution in [-0.2, 0) is 9.53 Å². The van der Waals surface area contributed by atoms with Gasteiger partial charge in [-0.3, -0.25) is 20.4 Å². The second kappa shape index (κ2) is 9.88. The van der Waals surface area contributed by atoms with Crippen molar-refractivity contribution in [2.75, 3.05) is 13.7 Å². The van der Waals surface area contributed by atoms with Crippen molar-refractivity contribution in [1.29, 1.82) is 0 Å². The van der Waals surface area contributed by atoms with E-state index in [1.165, 1.54) is 31.4 Å². The first-order valence-corrected chi connectivity index (χ1v) is 9.12. The highest BCUT2D eigenvalue weighted by molar-refractivity contribution is 5.97. The van der Waals surface area contributed by atoms with E-state index in [0.29, 0.717) is 11.3 Å². The standard InChI is InChI=1S/C23H20N2O5/c1-29-23(28)19-9-7-18(8-10-19)22(27)25-24-21(26)15-30-20-13-11-17(12-14-20)16-5-3-2-4-6-16/h2-14H,15H2,1H3,(H,24,26)(H,25,27). The number of nitrogens with one attached hydrogen (secondary N) is 2. The minimum atomic E-state index is -0.521. The summed E-state index contributed by atoms with van der Waals surface area (Å²) in [6.07, 6.45) is 0. The van der Waals surface area contributed by atoms with Gasteiger partial charge < -0.3 is 9.47 Å². The van der Waals surface area contributed by atoms with Gasteiger partial charge in [-0.1, -0.05) is 42.5 Å². The Morgan fingerprint density at radius 2 is 1.33 bits per heavy atom. The third kappa shape index (κ3) is 5.45. The molecule has 3 aromatic carbocycles. The molecule has 0 aliphatic rings. The molecule has 0 saturated heterocycles. The van der Waals surface area contributed by atoms with Crippen LogP contribution in [0.1, 0.15) is 20.7 Å². The minimum absolute atomic E-state index is 0.258. The van der Waals surface area contributed by atoms with E-state index in [0.717, 1.165) is 11.1 Å². The molecular formula is C23H20N2O5. The van der Waals surface area contributed by atoms with Crippen LogP contribution in [0, 0.1) is 0 Å². The summed E-state index contributed by atoms with van der Waals surface area (Å²) in [5.41, 5.74) is 7.30. The molecule has 7 heteroatoms. The predicted octanol–water partition coefficient (Wildman–Crippen LogP) is 2.98. The second-order valence-corrected chi connectivity index (χ2v) is 6.25. The molecule has 0 unspecified atom stereocenters. The van der Waals surface area contributed by atoms with Crippen molar-refractivity contribution in [2.45, 2.75) is 0 Å². The maximum Gasteiger partial charge on any atom is 0.337 e. The SMILES string of the molecule is COC(=O)c1ccc(C(=O)NNC(=O)COc2ccc(-c3ccccc3)cc2)cc1. The van der Waals surface area contributed by atoms with Crippen LogP contribution in [0.2, 0.25) is 0 Å². The van der Waals surface area contributed by atoms with E-state index in [9.17, 15) is 14.4 Å². The number of esters is 1. The van der Waals surface area contributed by atoms with Crippen LogP contribution in [0.3, 0.4) is 0 Å². The van der Waals surface area contributed by atoms with Crippen LogP contribution in [0.15, 0.2) is 78.9 Å². The van der Waals surface area contributed by atoms with Crippen LogP contribution in [-0.4, -0.2) is 31.5 Å². The van der Waals surface area contributed by atoms with Gasteiger partial charge in [0.25, 0.3) is 11.8 Å². The maximum atomic E-state index is 12.1. The molecule has 3 rings (SSSR count). The van der Waals surface area contributed by atoms with Crippen LogP contribution >= 0.6 is 0 Å². The number of rotatable bonds is 6. The molecule has 0 heterocycles. The number of carbonyl (C=O) groups is 3. The number of hydrogen-bond acceptors (Lipinski definition) is 5. The van der Waals surface area contributed by atoms with Crippen LogP contribution in [0.25, 0.3) is 11.1 Å². The van der Waals surface area contributed by atoms with Gasteiger partial charge in [-0.2, -0.15) is 0 Å². The summed E-state index contributed by atoms with van der Waals surface area (Å²) >= 11 is 0. The summed E-state index contributed by atoms with van der Waals surface area (Å²) < 4.78 is 10.0. The Balaban J connectivity index is 1.45. The summed E-state index contributed by atoms with van der Waals surface area (Å²) in [4.78, 5) is 35.4. The minimum Gasteiger partial charge on any atom is -0.484 e. The van der Waals surface area contributed by atoms with Gasteiger partial charge in [0, 0.05) is 5.56 Å². The number of carbonyl (C=O) groups excluding carboxylic acids is 3. The summed E-state index contributed by atoms with van der Waals surface area (Å²) in [6, 6.07) is 23.1. The molecule has 0 aliphatic carbocycles. The van der Waals surface area contributed by atoms with Gasteiger partial charge in [-0.25, -0.2) is 4.79 Å². The van der Waals surface area contributed by atoms with E-state index in [4.69, 9.17) is 4.74 Å². The molecule has 0 atom stereocenters. The van der Waals surface area contributed by atoms with Gasteiger partial charge in [0.2, 0.25) is 0 Å². The quantitative estimate of drug-likeness (QED) is 0.487. The average Bonchev–Trinajstić information content (AvgIpc) is 2.81. The number of hydrogen-bond donors (Lipinski definition) is 2. The highest BCUT2D eigenvalue weighted by Crippen LogP contribution is 2.21. The van der Waals surface area contributed by atoms with Crippen LogP contribution < -0.4 is 15.6 Å². The third-order valence-corrected chi connectivity index (χ3v) is 4.22. The first-order valence-electron chi connectivity index (χ1n) is 9.12. The fourth-order valence-electron chi connectivity index (χ4n) is 2.63.